The van der Waals surface area contributed by atoms with Crippen molar-refractivity contribution in [3.8, 4) is 0 Å². The number of fused-ring (bicyclic) bond motifs is 1. The molecular formula is C11H16O3. The Bertz CT molecular complexity index is 314. The number of aliphatic hydroxyl groups excluding tert-OH is 1. The van der Waals surface area contributed by atoms with Gasteiger partial charge in [-0.25, -0.2) is 0 Å². The van der Waals surface area contributed by atoms with Crippen LogP contribution in [0.1, 0.15) is 32.6 Å². The molecule has 3 aliphatic rings. The number of hydrogen-bond acceptors (Lipinski definition) is 2. The summed E-state index contributed by atoms with van der Waals surface area (Å²) in [5, 5.41) is 19.1. The summed E-state index contributed by atoms with van der Waals surface area (Å²) in [4.78, 5) is 11.2. The van der Waals surface area contributed by atoms with E-state index in [0.717, 1.165) is 19.3 Å². The van der Waals surface area contributed by atoms with Crippen LogP contribution in [0, 0.1) is 22.7 Å². The van der Waals surface area contributed by atoms with Gasteiger partial charge in [-0.15, -0.1) is 0 Å². The second-order valence-electron chi connectivity index (χ2n) is 5.87. The minimum atomic E-state index is -0.679. The van der Waals surface area contributed by atoms with Crippen molar-refractivity contribution < 1.29 is 15.0 Å². The third-order valence-corrected chi connectivity index (χ3v) is 4.79. The average Bonchev–Trinajstić information content (AvgIpc) is 2.71. The Hall–Kier alpha value is -0.570. The predicted octanol–water partition coefficient (Wildman–Crippen LogP) is 1.26. The summed E-state index contributed by atoms with van der Waals surface area (Å²) in [7, 11) is 0. The summed E-state index contributed by atoms with van der Waals surface area (Å²) in [6.07, 6.45) is 3.38. The Morgan fingerprint density at radius 3 is 2.64 bits per heavy atom. The molecule has 14 heavy (non-hydrogen) atoms. The fraction of sp³-hybridized carbons (Fsp3) is 0.909. The summed E-state index contributed by atoms with van der Waals surface area (Å²) < 4.78 is 0. The van der Waals surface area contributed by atoms with E-state index in [1.165, 1.54) is 0 Å². The molecule has 78 valence electrons. The zero-order valence-electron chi connectivity index (χ0n) is 8.36. The topological polar surface area (TPSA) is 57.5 Å². The molecule has 1 spiro atoms. The van der Waals surface area contributed by atoms with Crippen molar-refractivity contribution in [1.29, 1.82) is 0 Å². The fourth-order valence-electron chi connectivity index (χ4n) is 4.13. The van der Waals surface area contributed by atoms with Gasteiger partial charge in [0.25, 0.3) is 0 Å². The Labute approximate surface area is 83.1 Å². The van der Waals surface area contributed by atoms with Gasteiger partial charge in [-0.05, 0) is 49.9 Å². The van der Waals surface area contributed by atoms with Crippen molar-refractivity contribution in [3.63, 3.8) is 0 Å². The molecule has 3 fully saturated rings. The van der Waals surface area contributed by atoms with Crippen LogP contribution >= 0.6 is 0 Å². The van der Waals surface area contributed by atoms with E-state index in [9.17, 15) is 15.0 Å². The molecule has 0 aromatic rings. The van der Waals surface area contributed by atoms with E-state index < -0.39 is 11.4 Å². The van der Waals surface area contributed by atoms with Crippen LogP contribution in [0.4, 0.5) is 0 Å². The van der Waals surface area contributed by atoms with E-state index in [1.54, 1.807) is 0 Å². The normalized spacial score (nSPS) is 59.4. The lowest BCUT2D eigenvalue weighted by Gasteiger charge is -2.37. The van der Waals surface area contributed by atoms with Crippen LogP contribution in [0.3, 0.4) is 0 Å². The van der Waals surface area contributed by atoms with Crippen molar-refractivity contribution in [1.82, 2.24) is 0 Å². The van der Waals surface area contributed by atoms with E-state index in [1.807, 2.05) is 6.92 Å². The summed E-state index contributed by atoms with van der Waals surface area (Å²) in [5.74, 6) is -0.00130. The van der Waals surface area contributed by atoms with Crippen molar-refractivity contribution in [2.75, 3.05) is 0 Å². The maximum absolute atomic E-state index is 11.2. The number of carbonyl (C=O) groups is 1. The Balaban J connectivity index is 1.93. The van der Waals surface area contributed by atoms with Crippen LogP contribution in [0.5, 0.6) is 0 Å². The molecule has 0 saturated heterocycles. The first-order valence-electron chi connectivity index (χ1n) is 5.38. The lowest BCUT2D eigenvalue weighted by Crippen LogP contribution is -2.37. The molecule has 3 heteroatoms. The molecule has 3 rings (SSSR count). The number of aliphatic hydroxyl groups is 1. The average molecular weight is 196 g/mol. The fourth-order valence-corrected chi connectivity index (χ4v) is 4.13. The van der Waals surface area contributed by atoms with Gasteiger partial charge < -0.3 is 10.2 Å². The lowest BCUT2D eigenvalue weighted by molar-refractivity contribution is -0.152. The van der Waals surface area contributed by atoms with Gasteiger partial charge in [0.15, 0.2) is 0 Å². The van der Waals surface area contributed by atoms with Gasteiger partial charge in [-0.1, -0.05) is 0 Å². The van der Waals surface area contributed by atoms with Gasteiger partial charge in [-0.2, -0.15) is 0 Å². The molecule has 0 heterocycles. The van der Waals surface area contributed by atoms with Gasteiger partial charge in [-0.3, -0.25) is 4.79 Å². The van der Waals surface area contributed by atoms with Crippen molar-refractivity contribution in [2.24, 2.45) is 22.7 Å². The minimum absolute atomic E-state index is 0.212. The van der Waals surface area contributed by atoms with Gasteiger partial charge in [0.05, 0.1) is 11.5 Å². The number of hydrogen-bond donors (Lipinski definition) is 2. The van der Waals surface area contributed by atoms with Crippen LogP contribution < -0.4 is 0 Å². The molecule has 2 N–H and O–H groups in total. The molecule has 0 aliphatic heterocycles. The SMILES string of the molecule is CC1(C(=O)O)CC2CC3(CC3C2O)C1. The van der Waals surface area contributed by atoms with Crippen molar-refractivity contribution >= 4 is 5.97 Å². The highest BCUT2D eigenvalue weighted by atomic mass is 16.4. The van der Waals surface area contributed by atoms with Gasteiger partial charge >= 0.3 is 5.97 Å². The van der Waals surface area contributed by atoms with Gasteiger partial charge in [0, 0.05) is 0 Å². The van der Waals surface area contributed by atoms with Gasteiger partial charge in [0.1, 0.15) is 0 Å². The molecule has 0 aromatic heterocycles. The van der Waals surface area contributed by atoms with Crippen LogP contribution in [0.25, 0.3) is 0 Å². The molecule has 0 radical (unpaired) electrons. The quantitative estimate of drug-likeness (QED) is 0.663. The first-order chi connectivity index (χ1) is 6.47. The van der Waals surface area contributed by atoms with Crippen molar-refractivity contribution in [3.05, 3.63) is 0 Å². The second kappa shape index (κ2) is 2.16. The van der Waals surface area contributed by atoms with E-state index in [2.05, 4.69) is 0 Å². The van der Waals surface area contributed by atoms with Crippen LogP contribution in [0.2, 0.25) is 0 Å². The predicted molar refractivity (Wildman–Crippen MR) is 49.6 cm³/mol. The summed E-state index contributed by atoms with van der Waals surface area (Å²) in [6, 6.07) is 0. The van der Waals surface area contributed by atoms with E-state index >= 15 is 0 Å². The van der Waals surface area contributed by atoms with Crippen molar-refractivity contribution in [2.45, 2.75) is 38.7 Å². The largest absolute Gasteiger partial charge is 0.481 e. The van der Waals surface area contributed by atoms with E-state index in [0.29, 0.717) is 12.3 Å². The Kier molecular flexibility index (Phi) is 1.34. The third-order valence-electron chi connectivity index (χ3n) is 4.79. The smallest absolute Gasteiger partial charge is 0.309 e. The highest BCUT2D eigenvalue weighted by molar-refractivity contribution is 5.74. The second-order valence-corrected chi connectivity index (χ2v) is 5.87. The number of rotatable bonds is 1. The maximum atomic E-state index is 11.2. The Morgan fingerprint density at radius 1 is 1.36 bits per heavy atom. The maximum Gasteiger partial charge on any atom is 0.309 e. The number of carboxylic acids is 1. The summed E-state index contributed by atoms with van der Waals surface area (Å²) in [6.45, 7) is 1.84. The molecule has 2 bridgehead atoms. The number of aliphatic carboxylic acids is 1. The first kappa shape index (κ1) is 8.72. The van der Waals surface area contributed by atoms with Gasteiger partial charge in [0.2, 0.25) is 0 Å². The lowest BCUT2D eigenvalue weighted by atomic mass is 9.67. The highest BCUT2D eigenvalue weighted by Gasteiger charge is 2.70. The molecular weight excluding hydrogens is 180 g/mol. The monoisotopic (exact) mass is 196 g/mol. The molecule has 3 nitrogen and oxygen atoms in total. The van der Waals surface area contributed by atoms with Crippen LogP contribution in [-0.4, -0.2) is 22.3 Å². The molecule has 0 aromatic carbocycles. The van der Waals surface area contributed by atoms with Crippen LogP contribution in [0.15, 0.2) is 0 Å². The third kappa shape index (κ3) is 0.842. The standard InChI is InChI=1S/C11H16O3/c1-10(9(13)14)2-6-3-11(5-10)4-7(11)8(6)12/h6-8,12H,2-5H2,1H3,(H,13,14). The zero-order chi connectivity index (χ0) is 10.1. The minimum Gasteiger partial charge on any atom is -0.481 e. The molecule has 5 unspecified atom stereocenters. The molecule has 0 amide bonds. The van der Waals surface area contributed by atoms with E-state index in [-0.39, 0.29) is 17.4 Å². The zero-order valence-corrected chi connectivity index (χ0v) is 8.36. The summed E-state index contributed by atoms with van der Waals surface area (Å²) in [5.41, 5.74) is -0.357. The van der Waals surface area contributed by atoms with E-state index in [4.69, 9.17) is 0 Å². The van der Waals surface area contributed by atoms with Crippen LogP contribution in [-0.2, 0) is 4.79 Å². The Morgan fingerprint density at radius 2 is 2.07 bits per heavy atom. The summed E-state index contributed by atoms with van der Waals surface area (Å²) >= 11 is 0. The highest BCUT2D eigenvalue weighted by Crippen LogP contribution is 2.73. The molecule has 5 atom stereocenters. The molecule has 3 aliphatic carbocycles. The molecule has 3 saturated carbocycles. The first-order valence-corrected chi connectivity index (χ1v) is 5.38. The number of carboxylic acid groups (broad SMARTS) is 1.